The van der Waals surface area contributed by atoms with Gasteiger partial charge in [0.25, 0.3) is 0 Å². The van der Waals surface area contributed by atoms with Gasteiger partial charge in [-0.25, -0.2) is 0 Å². The molecule has 4 nitrogen and oxygen atoms in total. The molecule has 0 aromatic heterocycles. The van der Waals surface area contributed by atoms with Crippen molar-refractivity contribution in [1.29, 1.82) is 0 Å². The molecular weight excluding hydrogens is 496 g/mol. The second-order valence-electron chi connectivity index (χ2n) is 10.2. The Morgan fingerprint density at radius 1 is 0.475 bits per heavy atom. The summed E-state index contributed by atoms with van der Waals surface area (Å²) in [7, 11) is 0. The molecule has 0 fully saturated rings. The molecule has 3 aromatic rings. The fourth-order valence-electron chi connectivity index (χ4n) is 4.33. The SMILES string of the molecule is C=Cc1ccc(OCCCCCCOc2cc(C)c(OCCCCCCOc3ccc(C=C)cc3)cc2C)cc1. The molecule has 0 spiro atoms. The van der Waals surface area contributed by atoms with Gasteiger partial charge in [0.05, 0.1) is 26.4 Å². The molecule has 0 heterocycles. The molecule has 0 saturated carbocycles. The third-order valence-corrected chi connectivity index (χ3v) is 6.83. The van der Waals surface area contributed by atoms with E-state index in [0.29, 0.717) is 0 Å². The fourth-order valence-corrected chi connectivity index (χ4v) is 4.33. The van der Waals surface area contributed by atoms with Crippen molar-refractivity contribution in [2.45, 2.75) is 65.2 Å². The van der Waals surface area contributed by atoms with Crippen molar-refractivity contribution in [2.75, 3.05) is 26.4 Å². The highest BCUT2D eigenvalue weighted by molar-refractivity contribution is 5.49. The number of benzene rings is 3. The maximum atomic E-state index is 6.08. The number of aryl methyl sites for hydroxylation is 2. The van der Waals surface area contributed by atoms with Gasteiger partial charge in [-0.3, -0.25) is 0 Å². The summed E-state index contributed by atoms with van der Waals surface area (Å²) in [6.45, 7) is 14.7. The third-order valence-electron chi connectivity index (χ3n) is 6.83. The van der Waals surface area contributed by atoms with E-state index in [1.54, 1.807) is 0 Å². The quantitative estimate of drug-likeness (QED) is 0.133. The normalized spacial score (nSPS) is 10.7. The van der Waals surface area contributed by atoms with Gasteiger partial charge in [-0.2, -0.15) is 0 Å². The first-order valence-corrected chi connectivity index (χ1v) is 14.7. The smallest absolute Gasteiger partial charge is 0.122 e. The zero-order chi connectivity index (χ0) is 28.4. The molecule has 4 heteroatoms. The summed E-state index contributed by atoms with van der Waals surface area (Å²) >= 11 is 0. The van der Waals surface area contributed by atoms with Gasteiger partial charge < -0.3 is 18.9 Å². The van der Waals surface area contributed by atoms with Gasteiger partial charge in [-0.15, -0.1) is 0 Å². The van der Waals surface area contributed by atoms with Gasteiger partial charge in [-0.05, 0) is 124 Å². The lowest BCUT2D eigenvalue weighted by Crippen LogP contribution is -2.03. The van der Waals surface area contributed by atoms with Gasteiger partial charge in [-0.1, -0.05) is 49.6 Å². The summed E-state index contributed by atoms with van der Waals surface area (Å²) in [4.78, 5) is 0. The topological polar surface area (TPSA) is 36.9 Å². The van der Waals surface area contributed by atoms with E-state index in [1.807, 2.05) is 60.7 Å². The lowest BCUT2D eigenvalue weighted by atomic mass is 10.1. The fraction of sp³-hybridized carbons (Fsp3) is 0.389. The Balaban J connectivity index is 1.21. The van der Waals surface area contributed by atoms with Crippen LogP contribution >= 0.6 is 0 Å². The van der Waals surface area contributed by atoms with Crippen molar-refractivity contribution in [2.24, 2.45) is 0 Å². The van der Waals surface area contributed by atoms with Gasteiger partial charge in [0.2, 0.25) is 0 Å². The largest absolute Gasteiger partial charge is 0.494 e. The van der Waals surface area contributed by atoms with Crippen LogP contribution in [0.3, 0.4) is 0 Å². The molecule has 3 rings (SSSR count). The number of ether oxygens (including phenoxy) is 4. The van der Waals surface area contributed by atoms with E-state index in [-0.39, 0.29) is 0 Å². The van der Waals surface area contributed by atoms with E-state index >= 15 is 0 Å². The van der Waals surface area contributed by atoms with Crippen LogP contribution in [0, 0.1) is 13.8 Å². The van der Waals surface area contributed by atoms with E-state index in [2.05, 4.69) is 39.1 Å². The molecule has 0 amide bonds. The molecule has 0 saturated heterocycles. The summed E-state index contributed by atoms with van der Waals surface area (Å²) in [5.74, 6) is 3.74. The second-order valence-corrected chi connectivity index (χ2v) is 10.2. The minimum absolute atomic E-state index is 0.730. The van der Waals surface area contributed by atoms with Crippen molar-refractivity contribution >= 4 is 12.2 Å². The summed E-state index contributed by atoms with van der Waals surface area (Å²) in [5, 5.41) is 0. The van der Waals surface area contributed by atoms with Gasteiger partial charge in [0.1, 0.15) is 23.0 Å². The van der Waals surface area contributed by atoms with E-state index in [1.165, 1.54) is 0 Å². The van der Waals surface area contributed by atoms with Gasteiger partial charge in [0.15, 0.2) is 0 Å². The standard InChI is InChI=1S/C36H46O4/c1-5-31-15-19-33(20-16-31)37-23-11-7-9-13-25-39-35-27-30(4)36(28-29(35)3)40-26-14-10-8-12-24-38-34-21-17-32(6-2)18-22-34/h5-6,15-22,27-28H,1-2,7-14,23-26H2,3-4H3. The van der Waals surface area contributed by atoms with Crippen LogP contribution in [0.4, 0.5) is 0 Å². The predicted molar refractivity (Wildman–Crippen MR) is 168 cm³/mol. The van der Waals surface area contributed by atoms with Crippen LogP contribution in [0.5, 0.6) is 23.0 Å². The molecule has 0 bridgehead atoms. The highest BCUT2D eigenvalue weighted by Crippen LogP contribution is 2.28. The number of hydrogen-bond acceptors (Lipinski definition) is 4. The number of unbranched alkanes of at least 4 members (excludes halogenated alkanes) is 6. The second kappa shape index (κ2) is 17.8. The first-order chi connectivity index (χ1) is 19.6. The molecule has 0 atom stereocenters. The van der Waals surface area contributed by atoms with Crippen molar-refractivity contribution in [3.05, 3.63) is 96.1 Å². The average molecular weight is 543 g/mol. The minimum atomic E-state index is 0.730. The summed E-state index contributed by atoms with van der Waals surface area (Å²) in [6, 6.07) is 20.3. The number of hydrogen-bond donors (Lipinski definition) is 0. The van der Waals surface area contributed by atoms with Crippen LogP contribution in [-0.2, 0) is 0 Å². The Labute approximate surface area is 241 Å². The van der Waals surface area contributed by atoms with Crippen LogP contribution in [0.15, 0.2) is 73.8 Å². The van der Waals surface area contributed by atoms with Gasteiger partial charge in [0, 0.05) is 0 Å². The lowest BCUT2D eigenvalue weighted by Gasteiger charge is -2.14. The molecule has 40 heavy (non-hydrogen) atoms. The minimum Gasteiger partial charge on any atom is -0.494 e. The predicted octanol–water partition coefficient (Wildman–Crippen LogP) is 9.63. The maximum absolute atomic E-state index is 6.08. The van der Waals surface area contributed by atoms with Crippen LogP contribution in [0.1, 0.15) is 73.6 Å². The zero-order valence-corrected chi connectivity index (χ0v) is 24.5. The Bertz CT molecular complexity index is 1060. The van der Waals surface area contributed by atoms with E-state index in [9.17, 15) is 0 Å². The Morgan fingerprint density at radius 3 is 1.12 bits per heavy atom. The first kappa shape index (κ1) is 30.9. The average Bonchev–Trinajstić information content (AvgIpc) is 2.98. The molecule has 0 aliphatic carbocycles. The lowest BCUT2D eigenvalue weighted by molar-refractivity contribution is 0.281. The Kier molecular flexibility index (Phi) is 13.8. The zero-order valence-electron chi connectivity index (χ0n) is 24.5. The molecule has 0 aliphatic heterocycles. The highest BCUT2D eigenvalue weighted by atomic mass is 16.5. The number of rotatable bonds is 20. The maximum Gasteiger partial charge on any atom is 0.122 e. The Morgan fingerprint density at radius 2 is 0.800 bits per heavy atom. The van der Waals surface area contributed by atoms with E-state index in [4.69, 9.17) is 18.9 Å². The molecule has 0 radical (unpaired) electrons. The first-order valence-electron chi connectivity index (χ1n) is 14.7. The van der Waals surface area contributed by atoms with Crippen molar-refractivity contribution < 1.29 is 18.9 Å². The van der Waals surface area contributed by atoms with Crippen molar-refractivity contribution in [3.8, 4) is 23.0 Å². The molecule has 0 N–H and O–H groups in total. The summed E-state index contributed by atoms with van der Waals surface area (Å²) in [5.41, 5.74) is 4.45. The molecule has 214 valence electrons. The molecule has 3 aromatic carbocycles. The van der Waals surface area contributed by atoms with Crippen LogP contribution < -0.4 is 18.9 Å². The van der Waals surface area contributed by atoms with E-state index < -0.39 is 0 Å². The highest BCUT2D eigenvalue weighted by Gasteiger charge is 2.07. The van der Waals surface area contributed by atoms with Crippen LogP contribution in [0.2, 0.25) is 0 Å². The van der Waals surface area contributed by atoms with Gasteiger partial charge >= 0.3 is 0 Å². The monoisotopic (exact) mass is 542 g/mol. The third kappa shape index (κ3) is 11.2. The molecule has 0 unspecified atom stereocenters. The van der Waals surface area contributed by atoms with Crippen LogP contribution in [0.25, 0.3) is 12.2 Å². The van der Waals surface area contributed by atoms with E-state index in [0.717, 1.165) is 123 Å². The van der Waals surface area contributed by atoms with Crippen molar-refractivity contribution in [1.82, 2.24) is 0 Å². The summed E-state index contributed by atoms with van der Waals surface area (Å²) < 4.78 is 23.8. The Hall–Kier alpha value is -3.66. The molecular formula is C36H46O4. The molecule has 0 aliphatic rings. The summed E-state index contributed by atoms with van der Waals surface area (Å²) in [6.07, 6.45) is 12.4. The van der Waals surface area contributed by atoms with Crippen LogP contribution in [-0.4, -0.2) is 26.4 Å². The van der Waals surface area contributed by atoms with Crippen molar-refractivity contribution in [3.63, 3.8) is 0 Å².